The lowest BCUT2D eigenvalue weighted by molar-refractivity contribution is -0.385. The van der Waals surface area contributed by atoms with Crippen molar-refractivity contribution in [1.82, 2.24) is 4.90 Å². The predicted octanol–water partition coefficient (Wildman–Crippen LogP) is 1.12. The van der Waals surface area contributed by atoms with Crippen molar-refractivity contribution in [2.45, 2.75) is 25.4 Å². The van der Waals surface area contributed by atoms with E-state index in [-0.39, 0.29) is 24.6 Å². The first-order valence-corrected chi connectivity index (χ1v) is 6.11. The molecule has 102 valence electrons. The van der Waals surface area contributed by atoms with Gasteiger partial charge < -0.3 is 10.0 Å². The standard InChI is InChI=1S/C13H16N2O4/c1-13(17)6-7-14(9-13)12(16)8-10-4-2-3-5-11(10)15(18)19/h2-5,17H,6-9H2,1H3. The molecule has 19 heavy (non-hydrogen) atoms. The average Bonchev–Trinajstić information content (AvgIpc) is 2.70. The number of hydrogen-bond donors (Lipinski definition) is 1. The smallest absolute Gasteiger partial charge is 0.273 e. The molecule has 0 aliphatic carbocycles. The van der Waals surface area contributed by atoms with Gasteiger partial charge in [0.1, 0.15) is 0 Å². The number of amides is 1. The Morgan fingerprint density at radius 3 is 2.79 bits per heavy atom. The Morgan fingerprint density at radius 2 is 2.21 bits per heavy atom. The Kier molecular flexibility index (Phi) is 3.53. The minimum atomic E-state index is -0.849. The molecule has 1 saturated heterocycles. The van der Waals surface area contributed by atoms with Gasteiger partial charge >= 0.3 is 0 Å². The molecular formula is C13H16N2O4. The van der Waals surface area contributed by atoms with Crippen LogP contribution in [0.1, 0.15) is 18.9 Å². The molecule has 1 N–H and O–H groups in total. The zero-order valence-electron chi connectivity index (χ0n) is 10.7. The maximum absolute atomic E-state index is 12.1. The van der Waals surface area contributed by atoms with E-state index in [1.54, 1.807) is 30.0 Å². The highest BCUT2D eigenvalue weighted by Crippen LogP contribution is 2.23. The molecule has 2 rings (SSSR count). The number of likely N-dealkylation sites (tertiary alicyclic amines) is 1. The number of aliphatic hydroxyl groups is 1. The van der Waals surface area contributed by atoms with Crippen molar-refractivity contribution in [2.75, 3.05) is 13.1 Å². The van der Waals surface area contributed by atoms with Crippen LogP contribution in [-0.2, 0) is 11.2 Å². The van der Waals surface area contributed by atoms with Crippen molar-refractivity contribution < 1.29 is 14.8 Å². The maximum Gasteiger partial charge on any atom is 0.273 e. The van der Waals surface area contributed by atoms with E-state index in [1.165, 1.54) is 6.07 Å². The highest BCUT2D eigenvalue weighted by atomic mass is 16.6. The summed E-state index contributed by atoms with van der Waals surface area (Å²) in [6, 6.07) is 6.23. The second-order valence-corrected chi connectivity index (χ2v) is 5.12. The van der Waals surface area contributed by atoms with E-state index < -0.39 is 10.5 Å². The summed E-state index contributed by atoms with van der Waals surface area (Å²) in [5.41, 5.74) is -0.482. The van der Waals surface area contributed by atoms with Gasteiger partial charge in [0.15, 0.2) is 0 Å². The maximum atomic E-state index is 12.1. The number of rotatable bonds is 3. The Balaban J connectivity index is 2.10. The van der Waals surface area contributed by atoms with Crippen LogP contribution in [0.2, 0.25) is 0 Å². The molecule has 0 aromatic heterocycles. The fraction of sp³-hybridized carbons (Fsp3) is 0.462. The van der Waals surface area contributed by atoms with Gasteiger partial charge in [-0.1, -0.05) is 18.2 Å². The summed E-state index contributed by atoms with van der Waals surface area (Å²) in [5, 5.41) is 20.7. The first kappa shape index (κ1) is 13.5. The van der Waals surface area contributed by atoms with Crippen LogP contribution in [0.4, 0.5) is 5.69 Å². The number of carbonyl (C=O) groups is 1. The van der Waals surface area contributed by atoms with Gasteiger partial charge in [-0.05, 0) is 13.3 Å². The van der Waals surface area contributed by atoms with Crippen LogP contribution in [0.25, 0.3) is 0 Å². The Hall–Kier alpha value is -1.95. The summed E-state index contributed by atoms with van der Waals surface area (Å²) in [4.78, 5) is 24.0. The van der Waals surface area contributed by atoms with E-state index >= 15 is 0 Å². The van der Waals surface area contributed by atoms with Gasteiger partial charge in [-0.3, -0.25) is 14.9 Å². The van der Waals surface area contributed by atoms with Crippen molar-refractivity contribution in [2.24, 2.45) is 0 Å². The van der Waals surface area contributed by atoms with Gasteiger partial charge in [0.2, 0.25) is 5.91 Å². The van der Waals surface area contributed by atoms with E-state index in [2.05, 4.69) is 0 Å². The third-order valence-electron chi connectivity index (χ3n) is 3.33. The number of β-amino-alcohol motifs (C(OH)–C–C–N with tert-alkyl or cyclic N) is 1. The zero-order valence-corrected chi connectivity index (χ0v) is 10.7. The molecule has 6 heteroatoms. The first-order valence-electron chi connectivity index (χ1n) is 6.11. The van der Waals surface area contributed by atoms with Crippen molar-refractivity contribution >= 4 is 11.6 Å². The number of nitro groups is 1. The van der Waals surface area contributed by atoms with E-state index in [9.17, 15) is 20.0 Å². The van der Waals surface area contributed by atoms with Gasteiger partial charge in [-0.15, -0.1) is 0 Å². The second-order valence-electron chi connectivity index (χ2n) is 5.12. The number of benzene rings is 1. The summed E-state index contributed by atoms with van der Waals surface area (Å²) < 4.78 is 0. The lowest BCUT2D eigenvalue weighted by Crippen LogP contribution is -2.34. The molecule has 1 aliphatic heterocycles. The monoisotopic (exact) mass is 264 g/mol. The minimum Gasteiger partial charge on any atom is -0.388 e. The molecule has 1 aromatic carbocycles. The summed E-state index contributed by atoms with van der Waals surface area (Å²) in [6.45, 7) is 2.46. The average molecular weight is 264 g/mol. The van der Waals surface area contributed by atoms with Crippen LogP contribution >= 0.6 is 0 Å². The van der Waals surface area contributed by atoms with Crippen LogP contribution in [-0.4, -0.2) is 39.5 Å². The molecule has 1 fully saturated rings. The zero-order chi connectivity index (χ0) is 14.0. The Labute approximate surface area is 110 Å². The van der Waals surface area contributed by atoms with Crippen molar-refractivity contribution in [3.05, 3.63) is 39.9 Å². The van der Waals surface area contributed by atoms with Crippen LogP contribution < -0.4 is 0 Å². The molecule has 1 unspecified atom stereocenters. The van der Waals surface area contributed by atoms with Gasteiger partial charge in [-0.2, -0.15) is 0 Å². The predicted molar refractivity (Wildman–Crippen MR) is 68.6 cm³/mol. The molecule has 1 atom stereocenters. The number of nitro benzene ring substituents is 1. The van der Waals surface area contributed by atoms with Crippen LogP contribution in [0.3, 0.4) is 0 Å². The third-order valence-corrected chi connectivity index (χ3v) is 3.33. The van der Waals surface area contributed by atoms with E-state index in [0.717, 1.165) is 0 Å². The summed E-state index contributed by atoms with van der Waals surface area (Å²) in [6.07, 6.45) is 0.531. The number of nitrogens with zero attached hydrogens (tertiary/aromatic N) is 2. The molecule has 1 amide bonds. The van der Waals surface area contributed by atoms with Gasteiger partial charge in [0.25, 0.3) is 5.69 Å². The molecule has 0 radical (unpaired) electrons. The normalized spacial score (nSPS) is 22.5. The van der Waals surface area contributed by atoms with Gasteiger partial charge in [0.05, 0.1) is 16.9 Å². The van der Waals surface area contributed by atoms with Gasteiger partial charge in [0, 0.05) is 24.7 Å². The van der Waals surface area contributed by atoms with Crippen molar-refractivity contribution in [1.29, 1.82) is 0 Å². The van der Waals surface area contributed by atoms with Crippen molar-refractivity contribution in [3.63, 3.8) is 0 Å². The molecular weight excluding hydrogens is 248 g/mol. The molecule has 6 nitrogen and oxygen atoms in total. The highest BCUT2D eigenvalue weighted by molar-refractivity contribution is 5.80. The van der Waals surface area contributed by atoms with Crippen LogP contribution in [0.15, 0.2) is 24.3 Å². The molecule has 0 saturated carbocycles. The van der Waals surface area contributed by atoms with E-state index in [4.69, 9.17) is 0 Å². The molecule has 1 aromatic rings. The molecule has 1 heterocycles. The summed E-state index contributed by atoms with van der Waals surface area (Å²) >= 11 is 0. The molecule has 1 aliphatic rings. The minimum absolute atomic E-state index is 0.00671. The lowest BCUT2D eigenvalue weighted by atomic mass is 10.1. The highest BCUT2D eigenvalue weighted by Gasteiger charge is 2.34. The Morgan fingerprint density at radius 1 is 1.53 bits per heavy atom. The second kappa shape index (κ2) is 4.97. The third kappa shape index (κ3) is 3.08. The van der Waals surface area contributed by atoms with E-state index in [0.29, 0.717) is 18.5 Å². The fourth-order valence-corrected chi connectivity index (χ4v) is 2.27. The lowest BCUT2D eigenvalue weighted by Gasteiger charge is -2.19. The molecule has 0 spiro atoms. The number of para-hydroxylation sites is 1. The first-order chi connectivity index (χ1) is 8.89. The van der Waals surface area contributed by atoms with Gasteiger partial charge in [-0.25, -0.2) is 0 Å². The van der Waals surface area contributed by atoms with Crippen LogP contribution in [0.5, 0.6) is 0 Å². The van der Waals surface area contributed by atoms with Crippen molar-refractivity contribution in [3.8, 4) is 0 Å². The SMILES string of the molecule is CC1(O)CCN(C(=O)Cc2ccccc2[N+](=O)[O-])C1. The molecule has 0 bridgehead atoms. The summed E-state index contributed by atoms with van der Waals surface area (Å²) in [7, 11) is 0. The van der Waals surface area contributed by atoms with Crippen LogP contribution in [0, 0.1) is 10.1 Å². The Bertz CT molecular complexity index is 513. The largest absolute Gasteiger partial charge is 0.388 e. The topological polar surface area (TPSA) is 83.7 Å². The summed E-state index contributed by atoms with van der Waals surface area (Å²) in [5.74, 6) is -0.188. The quantitative estimate of drug-likeness (QED) is 0.655. The fourth-order valence-electron chi connectivity index (χ4n) is 2.27. The number of hydrogen-bond acceptors (Lipinski definition) is 4. The number of carbonyl (C=O) groups excluding carboxylic acids is 1. The van der Waals surface area contributed by atoms with E-state index in [1.807, 2.05) is 0 Å².